The summed E-state index contributed by atoms with van der Waals surface area (Å²) in [5, 5.41) is 12.1. The predicted molar refractivity (Wildman–Crippen MR) is 101 cm³/mol. The number of benzene rings is 2. The zero-order valence-corrected chi connectivity index (χ0v) is 15.3. The van der Waals surface area contributed by atoms with Crippen molar-refractivity contribution in [3.63, 3.8) is 0 Å². The molecule has 2 N–H and O–H groups in total. The fourth-order valence-corrected chi connectivity index (χ4v) is 4.19. The van der Waals surface area contributed by atoms with Gasteiger partial charge in [-0.05, 0) is 30.7 Å². The first-order valence-electron chi connectivity index (χ1n) is 8.13. The number of aromatic nitrogens is 2. The van der Waals surface area contributed by atoms with Gasteiger partial charge in [-0.25, -0.2) is 4.98 Å². The van der Waals surface area contributed by atoms with E-state index < -0.39 is 6.61 Å². The third kappa shape index (κ3) is 2.64. The van der Waals surface area contributed by atoms with Gasteiger partial charge >= 0.3 is 6.61 Å². The Hall–Kier alpha value is -2.38. The number of hydrogen-bond acceptors (Lipinski definition) is 3. The second-order valence-electron chi connectivity index (χ2n) is 6.39. The molecule has 2 bridgehead atoms. The molecule has 140 valence electrons. The molecule has 5 nitrogen and oxygen atoms in total. The van der Waals surface area contributed by atoms with Crippen LogP contribution in [0.1, 0.15) is 35.5 Å². The molecule has 0 saturated carbocycles. The van der Waals surface area contributed by atoms with E-state index in [2.05, 4.69) is 10.3 Å². The van der Waals surface area contributed by atoms with E-state index in [0.29, 0.717) is 22.6 Å². The molecule has 0 amide bonds. The lowest BCUT2D eigenvalue weighted by molar-refractivity contribution is -0.0506. The number of fused-ring (bicyclic) bond motifs is 9. The summed E-state index contributed by atoms with van der Waals surface area (Å²) in [6.07, 6.45) is 0.601. The third-order valence-corrected chi connectivity index (χ3v) is 5.20. The van der Waals surface area contributed by atoms with Gasteiger partial charge in [0.15, 0.2) is 0 Å². The van der Waals surface area contributed by atoms with Crippen molar-refractivity contribution in [1.82, 2.24) is 14.9 Å². The Morgan fingerprint density at radius 2 is 2.11 bits per heavy atom. The second kappa shape index (κ2) is 6.35. The number of nitrogens with one attached hydrogen (secondary N) is 2. The van der Waals surface area contributed by atoms with Crippen LogP contribution in [0.25, 0.3) is 11.0 Å². The molecule has 2 aliphatic rings. The van der Waals surface area contributed by atoms with Crippen molar-refractivity contribution in [1.29, 1.82) is 5.41 Å². The zero-order chi connectivity index (χ0) is 18.0. The minimum atomic E-state index is -2.93. The van der Waals surface area contributed by atoms with E-state index in [1.165, 1.54) is 6.07 Å². The fourth-order valence-electron chi connectivity index (χ4n) is 4.02. The lowest BCUT2D eigenvalue weighted by Gasteiger charge is -2.22. The van der Waals surface area contributed by atoms with Gasteiger partial charge in [-0.15, -0.1) is 12.4 Å². The van der Waals surface area contributed by atoms with Crippen LogP contribution >= 0.6 is 24.0 Å². The molecule has 2 aromatic carbocycles. The number of hydrogen-bond donors (Lipinski definition) is 2. The van der Waals surface area contributed by atoms with Gasteiger partial charge in [0, 0.05) is 16.1 Å². The van der Waals surface area contributed by atoms with Crippen LogP contribution in [0.3, 0.4) is 0 Å². The van der Waals surface area contributed by atoms with E-state index >= 15 is 0 Å². The Morgan fingerprint density at radius 1 is 1.30 bits per heavy atom. The molecule has 3 aromatic rings. The lowest BCUT2D eigenvalue weighted by atomic mass is 9.97. The maximum absolute atomic E-state index is 12.9. The molecule has 2 aliphatic heterocycles. The lowest BCUT2D eigenvalue weighted by Crippen LogP contribution is -2.28. The topological polar surface area (TPSA) is 62.9 Å². The fraction of sp³-hybridized carbons (Fsp3) is 0.222. The SMILES string of the molecule is Cl.N=C1N[C@@H]2C[C@H](c3c(OC(F)F)cccc31)n1c2nc2ccc(Cl)cc21. The number of ether oxygens (including phenoxy) is 1. The number of amidine groups is 1. The second-order valence-corrected chi connectivity index (χ2v) is 6.83. The highest BCUT2D eigenvalue weighted by Crippen LogP contribution is 2.47. The van der Waals surface area contributed by atoms with Gasteiger partial charge in [0.1, 0.15) is 17.4 Å². The monoisotopic (exact) mass is 410 g/mol. The van der Waals surface area contributed by atoms with Gasteiger partial charge in [-0.1, -0.05) is 23.7 Å². The van der Waals surface area contributed by atoms with Gasteiger partial charge < -0.3 is 14.6 Å². The molecule has 0 aliphatic carbocycles. The van der Waals surface area contributed by atoms with E-state index in [1.807, 2.05) is 16.7 Å². The highest BCUT2D eigenvalue weighted by molar-refractivity contribution is 6.31. The molecule has 0 unspecified atom stereocenters. The van der Waals surface area contributed by atoms with E-state index in [0.717, 1.165) is 16.9 Å². The molecule has 1 aromatic heterocycles. The molecular formula is C18H14Cl2F2N4O. The van der Waals surface area contributed by atoms with Gasteiger partial charge in [0.25, 0.3) is 0 Å². The number of nitrogens with zero attached hydrogens (tertiary/aromatic N) is 2. The van der Waals surface area contributed by atoms with E-state index in [-0.39, 0.29) is 36.1 Å². The number of imidazole rings is 1. The molecule has 3 heterocycles. The Bertz CT molecular complexity index is 1070. The average molecular weight is 411 g/mol. The Balaban J connectivity index is 0.00000180. The van der Waals surface area contributed by atoms with Crippen LogP contribution < -0.4 is 10.1 Å². The molecule has 5 rings (SSSR count). The van der Waals surface area contributed by atoms with Crippen molar-refractivity contribution >= 4 is 40.9 Å². The van der Waals surface area contributed by atoms with Gasteiger partial charge in [-0.2, -0.15) is 8.78 Å². The minimum Gasteiger partial charge on any atom is -0.434 e. The van der Waals surface area contributed by atoms with Crippen LogP contribution in [-0.2, 0) is 0 Å². The summed E-state index contributed by atoms with van der Waals surface area (Å²) >= 11 is 6.16. The highest BCUT2D eigenvalue weighted by Gasteiger charge is 2.41. The van der Waals surface area contributed by atoms with E-state index in [9.17, 15) is 8.78 Å². The molecule has 0 saturated heterocycles. The largest absolute Gasteiger partial charge is 0.434 e. The summed E-state index contributed by atoms with van der Waals surface area (Å²) < 4.78 is 32.7. The normalized spacial score (nSPS) is 19.9. The molecule has 9 heteroatoms. The first-order chi connectivity index (χ1) is 12.5. The van der Waals surface area contributed by atoms with Gasteiger partial charge in [0.05, 0.1) is 23.1 Å². The molecular weight excluding hydrogens is 397 g/mol. The molecule has 0 spiro atoms. The Labute approximate surface area is 164 Å². The summed E-state index contributed by atoms with van der Waals surface area (Å²) in [6.45, 7) is -2.93. The molecule has 27 heavy (non-hydrogen) atoms. The Morgan fingerprint density at radius 3 is 2.89 bits per heavy atom. The van der Waals surface area contributed by atoms with Gasteiger partial charge in [0.2, 0.25) is 0 Å². The summed E-state index contributed by atoms with van der Waals surface area (Å²) in [7, 11) is 0. The maximum Gasteiger partial charge on any atom is 0.387 e. The first-order valence-corrected chi connectivity index (χ1v) is 8.51. The third-order valence-electron chi connectivity index (χ3n) is 4.96. The van der Waals surface area contributed by atoms with E-state index in [4.69, 9.17) is 21.7 Å². The number of halogens is 4. The standard InChI is InChI=1S/C18H13ClF2N4O.ClH/c19-8-4-5-10-12(6-8)25-13-7-11(17(25)24-10)23-16(22)9-2-1-3-14(15(9)13)26-18(20)21;/h1-6,11,13,18H,7H2,(H2,22,23);1H/t11-,13-;/m1./s1. The van der Waals surface area contributed by atoms with Crippen LogP contribution in [-0.4, -0.2) is 22.0 Å². The summed E-state index contributed by atoms with van der Waals surface area (Å²) in [4.78, 5) is 4.67. The highest BCUT2D eigenvalue weighted by atomic mass is 35.5. The molecule has 0 radical (unpaired) electrons. The Kier molecular flexibility index (Phi) is 4.24. The van der Waals surface area contributed by atoms with E-state index in [1.54, 1.807) is 18.2 Å². The predicted octanol–water partition coefficient (Wildman–Crippen LogP) is 4.68. The molecule has 0 fully saturated rings. The van der Waals surface area contributed by atoms with Crippen molar-refractivity contribution in [2.45, 2.75) is 25.1 Å². The maximum atomic E-state index is 12.9. The quantitative estimate of drug-likeness (QED) is 0.644. The van der Waals surface area contributed by atoms with Crippen molar-refractivity contribution < 1.29 is 13.5 Å². The summed E-state index contributed by atoms with van der Waals surface area (Å²) in [5.74, 6) is 1.05. The van der Waals surface area contributed by atoms with Crippen LogP contribution in [0.15, 0.2) is 36.4 Å². The van der Waals surface area contributed by atoms with Crippen LogP contribution in [0.4, 0.5) is 8.78 Å². The van der Waals surface area contributed by atoms with Crippen LogP contribution in [0.2, 0.25) is 5.02 Å². The van der Waals surface area contributed by atoms with Crippen molar-refractivity contribution in [3.8, 4) is 5.75 Å². The first kappa shape index (κ1) is 18.0. The molecule has 2 atom stereocenters. The van der Waals surface area contributed by atoms with Crippen LogP contribution in [0.5, 0.6) is 5.75 Å². The average Bonchev–Trinajstić information content (AvgIpc) is 3.07. The smallest absolute Gasteiger partial charge is 0.387 e. The summed E-state index contributed by atoms with van der Waals surface area (Å²) in [5.41, 5.74) is 2.76. The number of rotatable bonds is 2. The zero-order valence-electron chi connectivity index (χ0n) is 13.7. The summed E-state index contributed by atoms with van der Waals surface area (Å²) in [6, 6.07) is 9.87. The van der Waals surface area contributed by atoms with Crippen molar-refractivity contribution in [2.24, 2.45) is 0 Å². The van der Waals surface area contributed by atoms with Gasteiger partial charge in [-0.3, -0.25) is 5.41 Å². The van der Waals surface area contributed by atoms with Crippen molar-refractivity contribution in [3.05, 3.63) is 58.4 Å². The van der Waals surface area contributed by atoms with Crippen molar-refractivity contribution in [2.75, 3.05) is 0 Å². The van der Waals surface area contributed by atoms with Crippen LogP contribution in [0, 0.1) is 5.41 Å². The minimum absolute atomic E-state index is 0. The number of alkyl halides is 2.